The number of carbonyl (C=O) groups excluding carboxylic acids is 1. The molecule has 3 aromatic carbocycles. The van der Waals surface area contributed by atoms with Gasteiger partial charge in [-0.15, -0.1) is 0 Å². The summed E-state index contributed by atoms with van der Waals surface area (Å²) in [5.74, 6) is 0. The third-order valence-corrected chi connectivity index (χ3v) is 4.45. The monoisotopic (exact) mass is 360 g/mol. The summed E-state index contributed by atoms with van der Waals surface area (Å²) in [6, 6.07) is 29.3. The number of benzene rings is 3. The minimum Gasteiger partial charge on any atom is -0.375 e. The van der Waals surface area contributed by atoms with Crippen molar-refractivity contribution in [2.45, 2.75) is 12.1 Å². The molecule has 0 radical (unpaired) electrons. The van der Waals surface area contributed by atoms with Crippen LogP contribution in [-0.4, -0.2) is 19.7 Å². The largest absolute Gasteiger partial charge is 0.375 e. The summed E-state index contributed by atoms with van der Waals surface area (Å²) < 4.78 is 5.52. The van der Waals surface area contributed by atoms with Crippen LogP contribution >= 0.6 is 0 Å². The van der Waals surface area contributed by atoms with Crippen LogP contribution in [0.3, 0.4) is 0 Å². The summed E-state index contributed by atoms with van der Waals surface area (Å²) >= 11 is 0. The Bertz CT molecular complexity index is 783. The van der Waals surface area contributed by atoms with E-state index in [1.807, 2.05) is 91.0 Å². The Labute approximate surface area is 160 Å². The second-order valence-corrected chi connectivity index (χ2v) is 6.24. The third-order valence-electron chi connectivity index (χ3n) is 4.45. The molecule has 0 bridgehead atoms. The second-order valence-electron chi connectivity index (χ2n) is 6.24. The highest BCUT2D eigenvalue weighted by atomic mass is 16.5. The van der Waals surface area contributed by atoms with E-state index in [0.29, 0.717) is 6.54 Å². The first-order valence-corrected chi connectivity index (χ1v) is 9.00. The average molecular weight is 360 g/mol. The fraction of sp³-hybridized carbons (Fsp3) is 0.174. The quantitative estimate of drug-likeness (QED) is 0.653. The van der Waals surface area contributed by atoms with Crippen LogP contribution < -0.4 is 10.6 Å². The van der Waals surface area contributed by atoms with Crippen molar-refractivity contribution in [3.63, 3.8) is 0 Å². The Balaban J connectivity index is 1.68. The normalized spacial score (nSPS) is 11.8. The van der Waals surface area contributed by atoms with Gasteiger partial charge in [-0.25, -0.2) is 4.79 Å². The molecule has 0 aromatic heterocycles. The van der Waals surface area contributed by atoms with E-state index in [4.69, 9.17) is 4.74 Å². The standard InChI is InChI=1S/C23H24N2O2/c1-27-21(18-11-5-2-6-12-18)17-24-23(26)25-22(19-13-7-3-8-14-19)20-15-9-4-10-16-20/h2-16,21-22H,17H2,1H3,(H2,24,25,26). The summed E-state index contributed by atoms with van der Waals surface area (Å²) in [4.78, 5) is 12.6. The Morgan fingerprint density at radius 2 is 1.22 bits per heavy atom. The zero-order valence-corrected chi connectivity index (χ0v) is 15.3. The van der Waals surface area contributed by atoms with E-state index < -0.39 is 0 Å². The molecule has 3 rings (SSSR count). The number of amides is 2. The highest BCUT2D eigenvalue weighted by molar-refractivity contribution is 5.75. The highest BCUT2D eigenvalue weighted by Gasteiger charge is 2.17. The maximum Gasteiger partial charge on any atom is 0.315 e. The van der Waals surface area contributed by atoms with Gasteiger partial charge >= 0.3 is 6.03 Å². The number of methoxy groups -OCH3 is 1. The maximum atomic E-state index is 12.6. The van der Waals surface area contributed by atoms with Crippen molar-refractivity contribution in [1.82, 2.24) is 10.6 Å². The summed E-state index contributed by atoms with van der Waals surface area (Å²) in [6.45, 7) is 0.392. The maximum absolute atomic E-state index is 12.6. The van der Waals surface area contributed by atoms with Crippen molar-refractivity contribution in [2.75, 3.05) is 13.7 Å². The lowest BCUT2D eigenvalue weighted by Crippen LogP contribution is -2.40. The van der Waals surface area contributed by atoms with Crippen LogP contribution in [0, 0.1) is 0 Å². The van der Waals surface area contributed by atoms with Gasteiger partial charge in [-0.3, -0.25) is 0 Å². The molecule has 0 saturated carbocycles. The zero-order valence-electron chi connectivity index (χ0n) is 15.3. The summed E-state index contributed by atoms with van der Waals surface area (Å²) in [6.07, 6.45) is -0.191. The van der Waals surface area contributed by atoms with Crippen LogP contribution in [0.1, 0.15) is 28.8 Å². The van der Waals surface area contributed by atoms with Crippen LogP contribution in [-0.2, 0) is 4.74 Å². The Morgan fingerprint density at radius 1 is 0.778 bits per heavy atom. The first-order valence-electron chi connectivity index (χ1n) is 9.00. The van der Waals surface area contributed by atoms with E-state index in [-0.39, 0.29) is 18.2 Å². The molecule has 0 aliphatic rings. The van der Waals surface area contributed by atoms with E-state index in [2.05, 4.69) is 10.6 Å². The topological polar surface area (TPSA) is 50.4 Å². The molecule has 2 N–H and O–H groups in total. The van der Waals surface area contributed by atoms with Crippen molar-refractivity contribution in [3.8, 4) is 0 Å². The zero-order chi connectivity index (χ0) is 18.9. The average Bonchev–Trinajstić information content (AvgIpc) is 2.74. The van der Waals surface area contributed by atoms with Crippen LogP contribution in [0.15, 0.2) is 91.0 Å². The molecule has 0 heterocycles. The van der Waals surface area contributed by atoms with Crippen molar-refractivity contribution in [1.29, 1.82) is 0 Å². The number of hydrogen-bond donors (Lipinski definition) is 2. The van der Waals surface area contributed by atoms with E-state index in [0.717, 1.165) is 16.7 Å². The van der Waals surface area contributed by atoms with Crippen LogP contribution in [0.4, 0.5) is 4.79 Å². The van der Waals surface area contributed by atoms with E-state index in [1.165, 1.54) is 0 Å². The van der Waals surface area contributed by atoms with Crippen molar-refractivity contribution in [3.05, 3.63) is 108 Å². The SMILES string of the molecule is COC(CNC(=O)NC(c1ccccc1)c1ccccc1)c1ccccc1. The predicted octanol–water partition coefficient (Wildman–Crippen LogP) is 4.46. The van der Waals surface area contributed by atoms with Gasteiger partial charge in [-0.1, -0.05) is 91.0 Å². The molecule has 27 heavy (non-hydrogen) atoms. The van der Waals surface area contributed by atoms with Gasteiger partial charge in [0.15, 0.2) is 0 Å². The molecule has 1 unspecified atom stereocenters. The number of nitrogens with one attached hydrogen (secondary N) is 2. The van der Waals surface area contributed by atoms with Crippen LogP contribution in [0.25, 0.3) is 0 Å². The van der Waals surface area contributed by atoms with Crippen molar-refractivity contribution >= 4 is 6.03 Å². The molecule has 0 fully saturated rings. The fourth-order valence-electron chi connectivity index (χ4n) is 3.02. The van der Waals surface area contributed by atoms with Gasteiger partial charge in [-0.2, -0.15) is 0 Å². The molecule has 1 atom stereocenters. The Morgan fingerprint density at radius 3 is 1.67 bits per heavy atom. The molecular formula is C23H24N2O2. The van der Waals surface area contributed by atoms with Gasteiger partial charge in [0.2, 0.25) is 0 Å². The van der Waals surface area contributed by atoms with Gasteiger partial charge < -0.3 is 15.4 Å². The predicted molar refractivity (Wildman–Crippen MR) is 107 cm³/mol. The second kappa shape index (κ2) is 9.55. The number of ether oxygens (including phenoxy) is 1. The number of urea groups is 1. The van der Waals surface area contributed by atoms with Gasteiger partial charge in [0.1, 0.15) is 0 Å². The molecule has 0 aliphatic heterocycles. The summed E-state index contributed by atoms with van der Waals surface area (Å²) in [5, 5.41) is 6.00. The molecule has 4 nitrogen and oxygen atoms in total. The Kier molecular flexibility index (Phi) is 6.61. The lowest BCUT2D eigenvalue weighted by molar-refractivity contribution is 0.104. The molecule has 2 amide bonds. The van der Waals surface area contributed by atoms with Crippen LogP contribution in [0.5, 0.6) is 0 Å². The summed E-state index contributed by atoms with van der Waals surface area (Å²) in [7, 11) is 1.65. The highest BCUT2D eigenvalue weighted by Crippen LogP contribution is 2.21. The third kappa shape index (κ3) is 5.19. The fourth-order valence-corrected chi connectivity index (χ4v) is 3.02. The number of rotatable bonds is 7. The number of carbonyl (C=O) groups is 1. The van der Waals surface area contributed by atoms with Gasteiger partial charge in [0.05, 0.1) is 12.1 Å². The van der Waals surface area contributed by atoms with Crippen molar-refractivity contribution in [2.24, 2.45) is 0 Å². The van der Waals surface area contributed by atoms with E-state index in [9.17, 15) is 4.79 Å². The first kappa shape index (κ1) is 18.7. The first-order chi connectivity index (χ1) is 13.3. The van der Waals surface area contributed by atoms with E-state index >= 15 is 0 Å². The molecule has 4 heteroatoms. The smallest absolute Gasteiger partial charge is 0.315 e. The molecule has 0 saturated heterocycles. The van der Waals surface area contributed by atoms with E-state index in [1.54, 1.807) is 7.11 Å². The molecule has 0 spiro atoms. The molecular weight excluding hydrogens is 336 g/mol. The summed E-state index contributed by atoms with van der Waals surface area (Å²) in [5.41, 5.74) is 3.10. The minimum absolute atomic E-state index is 0.191. The van der Waals surface area contributed by atoms with Crippen molar-refractivity contribution < 1.29 is 9.53 Å². The van der Waals surface area contributed by atoms with Gasteiger partial charge in [0.25, 0.3) is 0 Å². The molecule has 3 aromatic rings. The lowest BCUT2D eigenvalue weighted by Gasteiger charge is -2.22. The molecule has 0 aliphatic carbocycles. The number of hydrogen-bond acceptors (Lipinski definition) is 2. The minimum atomic E-state index is -0.231. The molecule has 138 valence electrons. The van der Waals surface area contributed by atoms with Crippen LogP contribution in [0.2, 0.25) is 0 Å². The lowest BCUT2D eigenvalue weighted by atomic mass is 9.99. The van der Waals surface area contributed by atoms with Gasteiger partial charge in [-0.05, 0) is 16.7 Å². The van der Waals surface area contributed by atoms with Gasteiger partial charge in [0, 0.05) is 13.7 Å². The Hall–Kier alpha value is -3.11.